The van der Waals surface area contributed by atoms with Crippen molar-refractivity contribution >= 4 is 11.7 Å². The molecule has 0 aliphatic carbocycles. The Bertz CT molecular complexity index is 941. The van der Waals surface area contributed by atoms with Crippen molar-refractivity contribution in [2.24, 2.45) is 0 Å². The number of para-hydroxylation sites is 2. The first-order chi connectivity index (χ1) is 13.0. The minimum Gasteiger partial charge on any atom is -0.475 e. The predicted octanol–water partition coefficient (Wildman–Crippen LogP) is 3.33. The summed E-state index contributed by atoms with van der Waals surface area (Å²) in [5.74, 6) is -0.297. The summed E-state index contributed by atoms with van der Waals surface area (Å²) in [6, 6.07) is 14.9. The molecule has 1 atom stereocenters. The van der Waals surface area contributed by atoms with Gasteiger partial charge in [0, 0.05) is 11.6 Å². The number of nitrogens with zero attached hydrogens (tertiary/aromatic N) is 3. The Morgan fingerprint density at radius 2 is 1.85 bits per heavy atom. The highest BCUT2D eigenvalue weighted by Gasteiger charge is 2.20. The van der Waals surface area contributed by atoms with Crippen LogP contribution in [-0.2, 0) is 9.53 Å². The zero-order chi connectivity index (χ0) is 19.2. The van der Waals surface area contributed by atoms with Gasteiger partial charge in [0.15, 0.2) is 18.5 Å². The van der Waals surface area contributed by atoms with Crippen molar-refractivity contribution in [2.45, 2.75) is 13.0 Å². The van der Waals surface area contributed by atoms with Gasteiger partial charge in [-0.05, 0) is 25.1 Å². The van der Waals surface area contributed by atoms with Gasteiger partial charge in [-0.2, -0.15) is 0 Å². The molecule has 2 aromatic carbocycles. The maximum Gasteiger partial charge on any atom is 0.344 e. The summed E-state index contributed by atoms with van der Waals surface area (Å²) < 4.78 is 15.9. The highest BCUT2D eigenvalue weighted by molar-refractivity contribution is 5.71. The van der Waals surface area contributed by atoms with Crippen LogP contribution >= 0.6 is 0 Å². The zero-order valence-corrected chi connectivity index (χ0v) is 14.3. The fraction of sp³-hybridized carbons (Fsp3) is 0.167. The van der Waals surface area contributed by atoms with Gasteiger partial charge >= 0.3 is 11.7 Å². The summed E-state index contributed by atoms with van der Waals surface area (Å²) in [4.78, 5) is 22.3. The zero-order valence-electron chi connectivity index (χ0n) is 14.3. The van der Waals surface area contributed by atoms with Gasteiger partial charge in [0.25, 0.3) is 5.89 Å². The van der Waals surface area contributed by atoms with Crippen LogP contribution in [0.25, 0.3) is 11.5 Å². The number of nitro benzene ring substituents is 1. The molecule has 0 N–H and O–H groups in total. The van der Waals surface area contributed by atoms with Crippen molar-refractivity contribution in [3.05, 3.63) is 70.6 Å². The normalized spacial score (nSPS) is 11.6. The fourth-order valence-corrected chi connectivity index (χ4v) is 2.24. The van der Waals surface area contributed by atoms with E-state index >= 15 is 0 Å². The Hall–Kier alpha value is -3.75. The van der Waals surface area contributed by atoms with Crippen LogP contribution in [-0.4, -0.2) is 27.7 Å². The number of hydrogen-bond acceptors (Lipinski definition) is 8. The molecule has 9 nitrogen and oxygen atoms in total. The molecule has 1 heterocycles. The number of nitro groups is 1. The minimum atomic E-state index is -0.795. The van der Waals surface area contributed by atoms with Gasteiger partial charge < -0.3 is 13.9 Å². The first kappa shape index (κ1) is 18.1. The predicted molar refractivity (Wildman–Crippen MR) is 92.8 cm³/mol. The maximum absolute atomic E-state index is 12.0. The van der Waals surface area contributed by atoms with Crippen molar-refractivity contribution in [1.82, 2.24) is 10.2 Å². The van der Waals surface area contributed by atoms with Gasteiger partial charge in [0.1, 0.15) is 0 Å². The van der Waals surface area contributed by atoms with Crippen LogP contribution in [0.2, 0.25) is 0 Å². The van der Waals surface area contributed by atoms with Crippen molar-refractivity contribution < 1.29 is 23.6 Å². The van der Waals surface area contributed by atoms with E-state index in [4.69, 9.17) is 13.9 Å². The van der Waals surface area contributed by atoms with Gasteiger partial charge in [-0.15, -0.1) is 10.2 Å². The Morgan fingerprint density at radius 3 is 2.59 bits per heavy atom. The lowest BCUT2D eigenvalue weighted by molar-refractivity contribution is -0.385. The smallest absolute Gasteiger partial charge is 0.344 e. The van der Waals surface area contributed by atoms with E-state index in [1.54, 1.807) is 13.0 Å². The van der Waals surface area contributed by atoms with Crippen LogP contribution in [0.4, 0.5) is 5.69 Å². The molecule has 138 valence electrons. The van der Waals surface area contributed by atoms with Crippen molar-refractivity contribution in [1.29, 1.82) is 0 Å². The number of rotatable bonds is 7. The maximum atomic E-state index is 12.0. The molecule has 0 saturated heterocycles. The Labute approximate surface area is 153 Å². The second-order valence-electron chi connectivity index (χ2n) is 5.46. The lowest BCUT2D eigenvalue weighted by atomic mass is 10.2. The van der Waals surface area contributed by atoms with E-state index in [9.17, 15) is 14.9 Å². The molecule has 0 amide bonds. The molecule has 27 heavy (non-hydrogen) atoms. The highest BCUT2D eigenvalue weighted by atomic mass is 16.6. The molecule has 3 rings (SSSR count). The quantitative estimate of drug-likeness (QED) is 0.353. The fourth-order valence-electron chi connectivity index (χ4n) is 2.24. The number of carbonyl (C=O) groups is 1. The summed E-state index contributed by atoms with van der Waals surface area (Å²) in [5, 5.41) is 18.7. The Morgan fingerprint density at radius 1 is 1.15 bits per heavy atom. The topological polar surface area (TPSA) is 118 Å². The molecule has 0 aliphatic rings. The van der Waals surface area contributed by atoms with Crippen LogP contribution in [0.3, 0.4) is 0 Å². The third kappa shape index (κ3) is 4.46. The van der Waals surface area contributed by atoms with Gasteiger partial charge in [-0.1, -0.05) is 30.3 Å². The van der Waals surface area contributed by atoms with Gasteiger partial charge in [-0.25, -0.2) is 4.79 Å². The van der Waals surface area contributed by atoms with E-state index in [0.29, 0.717) is 5.89 Å². The average Bonchev–Trinajstić information content (AvgIpc) is 3.17. The monoisotopic (exact) mass is 369 g/mol. The van der Waals surface area contributed by atoms with Gasteiger partial charge in [0.2, 0.25) is 5.89 Å². The van der Waals surface area contributed by atoms with E-state index < -0.39 is 23.6 Å². The molecular weight excluding hydrogens is 354 g/mol. The first-order valence-corrected chi connectivity index (χ1v) is 7.99. The number of ether oxygens (including phenoxy) is 2. The minimum absolute atomic E-state index is 0.0174. The van der Waals surface area contributed by atoms with E-state index in [1.807, 2.05) is 30.3 Å². The van der Waals surface area contributed by atoms with E-state index in [1.165, 1.54) is 18.2 Å². The van der Waals surface area contributed by atoms with Crippen LogP contribution in [0.1, 0.15) is 18.9 Å². The third-order valence-electron chi connectivity index (χ3n) is 3.52. The lowest BCUT2D eigenvalue weighted by Crippen LogP contribution is -2.17. The number of esters is 1. The summed E-state index contributed by atoms with van der Waals surface area (Å²) in [6.45, 7) is 1.08. The van der Waals surface area contributed by atoms with E-state index in [-0.39, 0.29) is 17.3 Å². The standard InChI is InChI=1S/C18H15N3O6/c1-12(17-19-20-18(27-17)13-7-3-2-4-8-13)26-16(22)11-25-15-10-6-5-9-14(15)21(23)24/h2-10,12H,11H2,1H3/t12-/m0/s1. The summed E-state index contributed by atoms with van der Waals surface area (Å²) in [5.41, 5.74) is 0.511. The van der Waals surface area contributed by atoms with Crippen molar-refractivity contribution in [3.8, 4) is 17.2 Å². The molecule has 0 radical (unpaired) electrons. The molecule has 1 aromatic heterocycles. The first-order valence-electron chi connectivity index (χ1n) is 7.99. The summed E-state index contributed by atoms with van der Waals surface area (Å²) in [6.07, 6.45) is -0.795. The average molecular weight is 369 g/mol. The molecule has 0 fully saturated rings. The highest BCUT2D eigenvalue weighted by Crippen LogP contribution is 2.26. The van der Waals surface area contributed by atoms with E-state index in [2.05, 4.69) is 10.2 Å². The summed E-state index contributed by atoms with van der Waals surface area (Å²) >= 11 is 0. The second kappa shape index (κ2) is 8.09. The molecule has 0 aliphatic heterocycles. The van der Waals surface area contributed by atoms with E-state index in [0.717, 1.165) is 5.56 Å². The Balaban J connectivity index is 1.59. The molecule has 0 bridgehead atoms. The van der Waals surface area contributed by atoms with Crippen LogP contribution in [0.5, 0.6) is 5.75 Å². The molecule has 3 aromatic rings. The number of aromatic nitrogens is 2. The van der Waals surface area contributed by atoms with Gasteiger partial charge in [0.05, 0.1) is 4.92 Å². The number of hydrogen-bond donors (Lipinski definition) is 0. The van der Waals surface area contributed by atoms with Crippen molar-refractivity contribution in [2.75, 3.05) is 6.61 Å². The lowest BCUT2D eigenvalue weighted by Gasteiger charge is -2.10. The SMILES string of the molecule is C[C@H](OC(=O)COc1ccccc1[N+](=O)[O-])c1nnc(-c2ccccc2)o1. The number of benzene rings is 2. The summed E-state index contributed by atoms with van der Waals surface area (Å²) in [7, 11) is 0. The molecule has 9 heteroatoms. The third-order valence-corrected chi connectivity index (χ3v) is 3.52. The van der Waals surface area contributed by atoms with Crippen LogP contribution in [0.15, 0.2) is 59.0 Å². The molecule has 0 unspecified atom stereocenters. The van der Waals surface area contributed by atoms with Crippen LogP contribution in [0, 0.1) is 10.1 Å². The Kier molecular flexibility index (Phi) is 5.41. The molecule has 0 spiro atoms. The molecule has 0 saturated carbocycles. The number of carbonyl (C=O) groups excluding carboxylic acids is 1. The second-order valence-corrected chi connectivity index (χ2v) is 5.46. The van der Waals surface area contributed by atoms with Crippen LogP contribution < -0.4 is 4.74 Å². The van der Waals surface area contributed by atoms with Crippen molar-refractivity contribution in [3.63, 3.8) is 0 Å². The molecular formula is C18H15N3O6. The largest absolute Gasteiger partial charge is 0.475 e. The van der Waals surface area contributed by atoms with Gasteiger partial charge in [-0.3, -0.25) is 10.1 Å².